The zero-order valence-corrected chi connectivity index (χ0v) is 12.8. The first-order chi connectivity index (χ1) is 10.4. The third-order valence-corrected chi connectivity index (χ3v) is 4.26. The molecule has 0 aliphatic rings. The minimum atomic E-state index is 1.02. The van der Waals surface area contributed by atoms with Gasteiger partial charge in [0, 0.05) is 5.75 Å². The minimum absolute atomic E-state index is 1.02. The van der Waals surface area contributed by atoms with Crippen LogP contribution >= 0.6 is 11.8 Å². The normalized spacial score (nSPS) is 10.7. The van der Waals surface area contributed by atoms with E-state index in [0.717, 1.165) is 28.7 Å². The Morgan fingerprint density at radius 1 is 1.00 bits per heavy atom. The maximum Gasteiger partial charge on any atom is 0.342 e. The quantitative estimate of drug-likeness (QED) is 0.529. The molecule has 1 heterocycles. The van der Waals surface area contributed by atoms with Gasteiger partial charge in [-0.3, -0.25) is 0 Å². The second-order valence-corrected chi connectivity index (χ2v) is 5.79. The van der Waals surface area contributed by atoms with Gasteiger partial charge in [0.25, 0.3) is 0 Å². The van der Waals surface area contributed by atoms with Crippen molar-refractivity contribution in [3.8, 4) is 11.4 Å². The summed E-state index contributed by atoms with van der Waals surface area (Å²) < 4.78 is 4.08. The first-order valence-corrected chi connectivity index (χ1v) is 8.12. The second kappa shape index (κ2) is 6.59. The van der Waals surface area contributed by atoms with Crippen LogP contribution in [-0.2, 0) is 0 Å². The molecule has 0 aliphatic heterocycles. The minimum Gasteiger partial charge on any atom is -0.191 e. The molecule has 0 fully saturated rings. The van der Waals surface area contributed by atoms with E-state index >= 15 is 0 Å². The zero-order valence-electron chi connectivity index (χ0n) is 12.0. The van der Waals surface area contributed by atoms with Crippen molar-refractivity contribution < 1.29 is 4.57 Å². The molecule has 0 N–H and O–H groups in total. The third-order valence-electron chi connectivity index (χ3n) is 3.11. The van der Waals surface area contributed by atoms with Gasteiger partial charge in [0.2, 0.25) is 6.33 Å². The molecule has 0 unspecified atom stereocenters. The van der Waals surface area contributed by atoms with Crippen LogP contribution in [0.2, 0.25) is 0 Å². The largest absolute Gasteiger partial charge is 0.342 e. The maximum absolute atomic E-state index is 4.74. The van der Waals surface area contributed by atoms with E-state index in [2.05, 4.69) is 47.9 Å². The van der Waals surface area contributed by atoms with E-state index in [1.54, 1.807) is 11.8 Å². The molecule has 1 aromatic heterocycles. The number of hydrogen-bond acceptors (Lipinski definition) is 2. The van der Waals surface area contributed by atoms with E-state index < -0.39 is 0 Å². The van der Waals surface area contributed by atoms with Crippen LogP contribution in [0.4, 0.5) is 0 Å². The standard InChI is InChI=1S/C17H18N3S/c1-2-13-21-17-18-20(16-11-7-4-8-12-16)14-19(17)15-9-5-3-6-10-15/h3-12,14H,2,13H2,1H3/q+1. The highest BCUT2D eigenvalue weighted by atomic mass is 32.2. The molecule has 2 aromatic carbocycles. The van der Waals surface area contributed by atoms with Crippen molar-refractivity contribution in [1.29, 1.82) is 0 Å². The third kappa shape index (κ3) is 3.16. The van der Waals surface area contributed by atoms with Gasteiger partial charge in [-0.25, -0.2) is 0 Å². The van der Waals surface area contributed by atoms with Crippen LogP contribution in [0.1, 0.15) is 13.3 Å². The molecule has 0 spiro atoms. The molecule has 4 heteroatoms. The number of rotatable bonds is 5. The summed E-state index contributed by atoms with van der Waals surface area (Å²) in [5, 5.41) is 5.76. The van der Waals surface area contributed by atoms with Crippen LogP contribution in [0.3, 0.4) is 0 Å². The van der Waals surface area contributed by atoms with Crippen molar-refractivity contribution in [2.75, 3.05) is 5.75 Å². The Kier molecular flexibility index (Phi) is 4.36. The molecule has 0 saturated carbocycles. The lowest BCUT2D eigenvalue weighted by Crippen LogP contribution is -2.30. The Hall–Kier alpha value is -2.07. The molecular weight excluding hydrogens is 278 g/mol. The summed E-state index contributed by atoms with van der Waals surface area (Å²) >= 11 is 1.79. The van der Waals surface area contributed by atoms with Crippen LogP contribution in [0, 0.1) is 0 Å². The highest BCUT2D eigenvalue weighted by Crippen LogP contribution is 2.16. The smallest absolute Gasteiger partial charge is 0.191 e. The topological polar surface area (TPSA) is 21.7 Å². The highest BCUT2D eigenvalue weighted by molar-refractivity contribution is 7.99. The number of aromatic nitrogens is 3. The predicted octanol–water partition coefficient (Wildman–Crippen LogP) is 3.65. The number of nitrogens with zero attached hydrogens (tertiary/aromatic N) is 3. The molecule has 0 amide bonds. The Morgan fingerprint density at radius 3 is 2.33 bits per heavy atom. The second-order valence-electron chi connectivity index (χ2n) is 4.73. The van der Waals surface area contributed by atoms with Crippen molar-refractivity contribution in [2.24, 2.45) is 0 Å². The van der Waals surface area contributed by atoms with Crippen LogP contribution in [0.5, 0.6) is 0 Å². The lowest BCUT2D eigenvalue weighted by Gasteiger charge is -1.98. The number of benzene rings is 2. The summed E-state index contributed by atoms with van der Waals surface area (Å²) in [6.45, 7) is 2.19. The van der Waals surface area contributed by atoms with E-state index in [-0.39, 0.29) is 0 Å². The van der Waals surface area contributed by atoms with Gasteiger partial charge in [-0.05, 0) is 42.4 Å². The average Bonchev–Trinajstić information content (AvgIpc) is 2.99. The van der Waals surface area contributed by atoms with E-state index in [0.29, 0.717) is 0 Å². The molecule has 0 radical (unpaired) electrons. The molecule has 3 nitrogen and oxygen atoms in total. The van der Waals surface area contributed by atoms with Gasteiger partial charge in [0.05, 0.1) is 5.10 Å². The Morgan fingerprint density at radius 2 is 1.67 bits per heavy atom. The zero-order chi connectivity index (χ0) is 14.5. The molecular formula is C17H18N3S+. The van der Waals surface area contributed by atoms with Crippen LogP contribution in [0.25, 0.3) is 11.4 Å². The predicted molar refractivity (Wildman–Crippen MR) is 86.1 cm³/mol. The van der Waals surface area contributed by atoms with Crippen molar-refractivity contribution in [3.05, 3.63) is 67.0 Å². The van der Waals surface area contributed by atoms with Gasteiger partial charge >= 0.3 is 5.16 Å². The molecule has 106 valence electrons. The summed E-state index contributed by atoms with van der Waals surface area (Å²) in [7, 11) is 0. The van der Waals surface area contributed by atoms with Crippen molar-refractivity contribution in [1.82, 2.24) is 9.78 Å². The monoisotopic (exact) mass is 296 g/mol. The van der Waals surface area contributed by atoms with E-state index in [9.17, 15) is 0 Å². The summed E-state index contributed by atoms with van der Waals surface area (Å²) in [5.74, 6) is 1.07. The summed E-state index contributed by atoms with van der Waals surface area (Å²) in [6, 6.07) is 20.6. The van der Waals surface area contributed by atoms with Crippen LogP contribution in [-0.4, -0.2) is 15.5 Å². The van der Waals surface area contributed by atoms with Gasteiger partial charge in [-0.1, -0.05) is 48.0 Å². The summed E-state index contributed by atoms with van der Waals surface area (Å²) in [6.07, 6.45) is 3.18. The van der Waals surface area contributed by atoms with Gasteiger partial charge < -0.3 is 0 Å². The van der Waals surface area contributed by atoms with Gasteiger partial charge in [-0.15, -0.1) is 0 Å². The first kappa shape index (κ1) is 13.9. The molecule has 0 aliphatic carbocycles. The number of hydrogen-bond donors (Lipinski definition) is 0. The fourth-order valence-electron chi connectivity index (χ4n) is 2.09. The lowest BCUT2D eigenvalue weighted by molar-refractivity contribution is -0.636. The van der Waals surface area contributed by atoms with Gasteiger partial charge in [0.1, 0.15) is 11.4 Å². The Balaban J connectivity index is 2.03. The van der Waals surface area contributed by atoms with E-state index in [1.165, 1.54) is 0 Å². The fraction of sp³-hybridized carbons (Fsp3) is 0.176. The SMILES string of the molecule is CCCSc1nn(-c2ccccc2)c[n+]1-c1ccccc1. The van der Waals surface area contributed by atoms with E-state index in [4.69, 9.17) is 5.10 Å². The summed E-state index contributed by atoms with van der Waals surface area (Å²) in [4.78, 5) is 0. The van der Waals surface area contributed by atoms with Crippen LogP contribution < -0.4 is 4.57 Å². The summed E-state index contributed by atoms with van der Waals surface area (Å²) in [5.41, 5.74) is 2.21. The maximum atomic E-state index is 4.74. The molecule has 3 rings (SSSR count). The highest BCUT2D eigenvalue weighted by Gasteiger charge is 2.19. The lowest BCUT2D eigenvalue weighted by atomic mass is 10.3. The number of para-hydroxylation sites is 2. The molecule has 3 aromatic rings. The van der Waals surface area contributed by atoms with Crippen molar-refractivity contribution >= 4 is 11.8 Å². The van der Waals surface area contributed by atoms with Crippen molar-refractivity contribution in [3.63, 3.8) is 0 Å². The Labute approximate surface area is 129 Å². The van der Waals surface area contributed by atoms with Gasteiger partial charge in [0.15, 0.2) is 0 Å². The molecule has 21 heavy (non-hydrogen) atoms. The fourth-order valence-corrected chi connectivity index (χ4v) is 2.91. The molecule has 0 bridgehead atoms. The average molecular weight is 296 g/mol. The Bertz CT molecular complexity index is 693. The number of thioether (sulfide) groups is 1. The van der Waals surface area contributed by atoms with Crippen molar-refractivity contribution in [2.45, 2.75) is 18.5 Å². The van der Waals surface area contributed by atoms with Gasteiger partial charge in [-0.2, -0.15) is 4.57 Å². The molecule has 0 atom stereocenters. The van der Waals surface area contributed by atoms with E-state index in [1.807, 2.05) is 35.3 Å². The van der Waals surface area contributed by atoms with Crippen LogP contribution in [0.15, 0.2) is 72.1 Å². The molecule has 0 saturated heterocycles. The first-order valence-electron chi connectivity index (χ1n) is 7.13.